The molecule has 0 aliphatic carbocycles. The number of nitrogens with zero attached hydrogens (tertiary/aromatic N) is 2. The molecule has 0 saturated heterocycles. The summed E-state index contributed by atoms with van der Waals surface area (Å²) in [7, 11) is 1.95. The number of halogens is 1. The van der Waals surface area contributed by atoms with Crippen LogP contribution in [-0.2, 0) is 0 Å². The first-order chi connectivity index (χ1) is 13.5. The quantitative estimate of drug-likeness (QED) is 0.353. The molecule has 6 heteroatoms. The molecular formula is C23H25ClN4O. The molecule has 2 aromatic carbocycles. The van der Waals surface area contributed by atoms with Gasteiger partial charge in [0.25, 0.3) is 5.91 Å². The van der Waals surface area contributed by atoms with E-state index in [1.807, 2.05) is 78.4 Å². The first-order valence-electron chi connectivity index (χ1n) is 9.15. The number of rotatable bonds is 4. The Labute approximate surface area is 178 Å². The normalized spacial score (nSPS) is 12.0. The minimum atomic E-state index is 0. The van der Waals surface area contributed by atoms with Crippen molar-refractivity contribution < 1.29 is 4.79 Å². The van der Waals surface area contributed by atoms with Gasteiger partial charge in [-0.05, 0) is 42.8 Å². The summed E-state index contributed by atoms with van der Waals surface area (Å²) in [5.41, 5.74) is 9.76. The monoisotopic (exact) mass is 408 g/mol. The van der Waals surface area contributed by atoms with Crippen molar-refractivity contribution in [2.24, 2.45) is 5.73 Å². The number of hydrogen-bond donors (Lipinski definition) is 2. The van der Waals surface area contributed by atoms with E-state index in [4.69, 9.17) is 11.1 Å². The molecule has 150 valence electrons. The molecule has 1 amide bonds. The van der Waals surface area contributed by atoms with E-state index in [-0.39, 0.29) is 24.1 Å². The molecule has 2 aromatic rings. The van der Waals surface area contributed by atoms with Gasteiger partial charge in [-0.1, -0.05) is 36.1 Å². The third-order valence-electron chi connectivity index (χ3n) is 4.71. The Hall–Kier alpha value is -3.23. The van der Waals surface area contributed by atoms with Gasteiger partial charge in [0.15, 0.2) is 0 Å². The molecule has 0 fully saturated rings. The SMILES string of the molecule is Cc1cc(C#CCN(C)c2cccc(C(=N)N)c2)ccc1C(=O)N1CC=CC1.Cl. The Kier molecular flexibility index (Phi) is 7.46. The average Bonchev–Trinajstić information content (AvgIpc) is 3.22. The highest BCUT2D eigenvalue weighted by Gasteiger charge is 2.17. The van der Waals surface area contributed by atoms with Gasteiger partial charge in [0.2, 0.25) is 0 Å². The van der Waals surface area contributed by atoms with Crippen LogP contribution in [0.25, 0.3) is 0 Å². The molecule has 5 nitrogen and oxygen atoms in total. The van der Waals surface area contributed by atoms with Crippen molar-refractivity contribution in [2.45, 2.75) is 6.92 Å². The van der Waals surface area contributed by atoms with Crippen molar-refractivity contribution in [3.8, 4) is 11.8 Å². The Morgan fingerprint density at radius 3 is 2.59 bits per heavy atom. The summed E-state index contributed by atoms with van der Waals surface area (Å²) in [6.07, 6.45) is 4.02. The van der Waals surface area contributed by atoms with Crippen molar-refractivity contribution in [1.82, 2.24) is 4.90 Å². The van der Waals surface area contributed by atoms with Gasteiger partial charge in [0.1, 0.15) is 5.84 Å². The van der Waals surface area contributed by atoms with Gasteiger partial charge >= 0.3 is 0 Å². The smallest absolute Gasteiger partial charge is 0.254 e. The molecule has 1 aliphatic heterocycles. The molecule has 1 heterocycles. The van der Waals surface area contributed by atoms with Crippen molar-refractivity contribution in [3.05, 3.63) is 76.9 Å². The third kappa shape index (κ3) is 5.40. The standard InChI is InChI=1S/C23H24N4O.ClH/c1-17-15-18(10-11-21(17)23(28)27-13-3-4-14-27)7-6-12-26(2)20-9-5-8-19(16-20)22(24)25;/h3-5,8-11,15-16H,12-14H2,1-2H3,(H3,24,25);1H. The Bertz CT molecular complexity index is 995. The first kappa shape index (κ1) is 22.1. The van der Waals surface area contributed by atoms with E-state index < -0.39 is 0 Å². The molecule has 0 spiro atoms. The Morgan fingerprint density at radius 2 is 1.93 bits per heavy atom. The lowest BCUT2D eigenvalue weighted by Gasteiger charge is -2.17. The summed E-state index contributed by atoms with van der Waals surface area (Å²) in [6, 6.07) is 13.3. The number of nitrogen functional groups attached to an aromatic ring is 1. The highest BCUT2D eigenvalue weighted by atomic mass is 35.5. The molecule has 29 heavy (non-hydrogen) atoms. The molecule has 0 unspecified atom stereocenters. The molecule has 1 aliphatic rings. The van der Waals surface area contributed by atoms with E-state index in [1.165, 1.54) is 0 Å². The van der Waals surface area contributed by atoms with Gasteiger partial charge in [-0.2, -0.15) is 0 Å². The molecule has 0 aromatic heterocycles. The number of benzene rings is 2. The molecular weight excluding hydrogens is 384 g/mol. The van der Waals surface area contributed by atoms with Gasteiger partial charge in [0, 0.05) is 42.5 Å². The third-order valence-corrected chi connectivity index (χ3v) is 4.71. The molecule has 0 saturated carbocycles. The zero-order valence-corrected chi connectivity index (χ0v) is 17.4. The van der Waals surface area contributed by atoms with Crippen LogP contribution in [-0.4, -0.2) is 43.3 Å². The maximum atomic E-state index is 12.5. The second-order valence-electron chi connectivity index (χ2n) is 6.83. The zero-order chi connectivity index (χ0) is 20.1. The van der Waals surface area contributed by atoms with E-state index in [1.54, 1.807) is 0 Å². The van der Waals surface area contributed by atoms with Crippen molar-refractivity contribution in [1.29, 1.82) is 5.41 Å². The van der Waals surface area contributed by atoms with Gasteiger partial charge in [0.05, 0.1) is 6.54 Å². The lowest BCUT2D eigenvalue weighted by molar-refractivity contribution is 0.0799. The number of hydrogen-bond acceptors (Lipinski definition) is 3. The van der Waals surface area contributed by atoms with E-state index in [0.717, 1.165) is 22.4 Å². The number of amides is 1. The minimum Gasteiger partial charge on any atom is -0.384 e. The van der Waals surface area contributed by atoms with Crippen LogP contribution in [0.5, 0.6) is 0 Å². The highest BCUT2D eigenvalue weighted by Crippen LogP contribution is 2.16. The summed E-state index contributed by atoms with van der Waals surface area (Å²) < 4.78 is 0. The molecule has 3 N–H and O–H groups in total. The van der Waals surface area contributed by atoms with Crippen LogP contribution in [0.2, 0.25) is 0 Å². The second kappa shape index (κ2) is 9.81. The van der Waals surface area contributed by atoms with Crippen LogP contribution >= 0.6 is 12.4 Å². The molecule has 0 atom stereocenters. The molecule has 0 radical (unpaired) electrons. The predicted octanol–water partition coefficient (Wildman–Crippen LogP) is 3.20. The summed E-state index contributed by atoms with van der Waals surface area (Å²) in [5.74, 6) is 6.44. The highest BCUT2D eigenvalue weighted by molar-refractivity contribution is 5.96. The fraction of sp³-hybridized carbons (Fsp3) is 0.217. The van der Waals surface area contributed by atoms with Crippen LogP contribution in [0, 0.1) is 24.2 Å². The maximum Gasteiger partial charge on any atom is 0.254 e. The van der Waals surface area contributed by atoms with Crippen LogP contribution in [0.1, 0.15) is 27.0 Å². The zero-order valence-electron chi connectivity index (χ0n) is 16.6. The lowest BCUT2D eigenvalue weighted by Crippen LogP contribution is -2.28. The second-order valence-corrected chi connectivity index (χ2v) is 6.83. The van der Waals surface area contributed by atoms with Crippen molar-refractivity contribution in [3.63, 3.8) is 0 Å². The Morgan fingerprint density at radius 1 is 1.21 bits per heavy atom. The van der Waals surface area contributed by atoms with E-state index in [0.29, 0.717) is 25.2 Å². The van der Waals surface area contributed by atoms with Gasteiger partial charge in [-0.3, -0.25) is 10.2 Å². The number of nitrogens with one attached hydrogen (secondary N) is 1. The van der Waals surface area contributed by atoms with Gasteiger partial charge < -0.3 is 15.5 Å². The molecule has 0 bridgehead atoms. The summed E-state index contributed by atoms with van der Waals surface area (Å²) in [4.78, 5) is 16.4. The van der Waals surface area contributed by atoms with E-state index >= 15 is 0 Å². The summed E-state index contributed by atoms with van der Waals surface area (Å²) in [6.45, 7) is 3.84. The van der Waals surface area contributed by atoms with E-state index in [2.05, 4.69) is 11.8 Å². The van der Waals surface area contributed by atoms with Crippen molar-refractivity contribution in [2.75, 3.05) is 31.6 Å². The number of carbonyl (C=O) groups excluding carboxylic acids is 1. The predicted molar refractivity (Wildman–Crippen MR) is 121 cm³/mol. The van der Waals surface area contributed by atoms with Crippen LogP contribution in [0.3, 0.4) is 0 Å². The summed E-state index contributed by atoms with van der Waals surface area (Å²) in [5, 5.41) is 7.55. The van der Waals surface area contributed by atoms with Crippen LogP contribution in [0.15, 0.2) is 54.6 Å². The minimum absolute atomic E-state index is 0. The van der Waals surface area contributed by atoms with Crippen LogP contribution in [0.4, 0.5) is 5.69 Å². The fourth-order valence-corrected chi connectivity index (χ4v) is 3.06. The number of aryl methyl sites for hydroxylation is 1. The summed E-state index contributed by atoms with van der Waals surface area (Å²) >= 11 is 0. The Balaban J connectivity index is 0.00000300. The van der Waals surface area contributed by atoms with Gasteiger partial charge in [-0.25, -0.2) is 0 Å². The molecule has 3 rings (SSSR count). The number of carbonyl (C=O) groups is 1. The fourth-order valence-electron chi connectivity index (χ4n) is 3.06. The lowest BCUT2D eigenvalue weighted by atomic mass is 10.0. The van der Waals surface area contributed by atoms with Crippen LogP contribution < -0.4 is 10.6 Å². The van der Waals surface area contributed by atoms with E-state index in [9.17, 15) is 4.79 Å². The number of anilines is 1. The topological polar surface area (TPSA) is 73.4 Å². The average molecular weight is 409 g/mol. The van der Waals surface area contributed by atoms with Crippen molar-refractivity contribution >= 4 is 29.8 Å². The largest absolute Gasteiger partial charge is 0.384 e. The first-order valence-corrected chi connectivity index (χ1v) is 9.15. The maximum absolute atomic E-state index is 12.5. The number of nitrogens with two attached hydrogens (primary N) is 1. The van der Waals surface area contributed by atoms with Gasteiger partial charge in [-0.15, -0.1) is 12.4 Å². The number of amidine groups is 1.